The highest BCUT2D eigenvalue weighted by atomic mass is 32.2. The highest BCUT2D eigenvalue weighted by Gasteiger charge is 2.24. The number of aromatic carboxylic acids is 1. The predicted molar refractivity (Wildman–Crippen MR) is 111 cm³/mol. The number of carbonyl (C=O) groups is 2. The van der Waals surface area contributed by atoms with Crippen molar-refractivity contribution in [1.29, 1.82) is 0 Å². The van der Waals surface area contributed by atoms with Crippen molar-refractivity contribution in [2.45, 2.75) is 59.4 Å². The van der Waals surface area contributed by atoms with Crippen LogP contribution in [0.1, 0.15) is 69.8 Å². The molecule has 0 spiro atoms. The molecule has 0 amide bonds. The second-order valence-corrected chi connectivity index (χ2v) is 10.1. The molecule has 0 heterocycles. The predicted octanol–water partition coefficient (Wildman–Crippen LogP) is 4.73. The van der Waals surface area contributed by atoms with Crippen molar-refractivity contribution >= 4 is 23.7 Å². The summed E-state index contributed by atoms with van der Waals surface area (Å²) in [6.07, 6.45) is 0. The Morgan fingerprint density at radius 3 is 2.11 bits per heavy atom. The van der Waals surface area contributed by atoms with E-state index < -0.39 is 11.4 Å². The number of esters is 1. The molecule has 2 unspecified atom stereocenters. The Kier molecular flexibility index (Phi) is 8.36. The fourth-order valence-corrected chi connectivity index (χ4v) is 3.56. The molecule has 2 atom stereocenters. The molecule has 0 aliphatic rings. The molecule has 1 rings (SSSR count). The van der Waals surface area contributed by atoms with Crippen LogP contribution < -0.4 is 5.32 Å². The van der Waals surface area contributed by atoms with Crippen LogP contribution in [0.25, 0.3) is 0 Å². The number of hydrogen-bond acceptors (Lipinski definition) is 5. The Morgan fingerprint density at radius 1 is 1.11 bits per heavy atom. The highest BCUT2D eigenvalue weighted by molar-refractivity contribution is 7.99. The average molecular weight is 396 g/mol. The molecule has 0 saturated heterocycles. The van der Waals surface area contributed by atoms with E-state index in [1.54, 1.807) is 23.9 Å². The lowest BCUT2D eigenvalue weighted by Crippen LogP contribution is -2.38. The molecule has 1 aromatic carbocycles. The number of carboxylic acid groups (broad SMARTS) is 1. The third-order valence-electron chi connectivity index (χ3n) is 3.68. The van der Waals surface area contributed by atoms with Gasteiger partial charge < -0.3 is 9.84 Å². The first-order valence-electron chi connectivity index (χ1n) is 9.19. The summed E-state index contributed by atoms with van der Waals surface area (Å²) in [7, 11) is 0. The van der Waals surface area contributed by atoms with Gasteiger partial charge in [-0.3, -0.25) is 10.1 Å². The minimum absolute atomic E-state index is 0.0219. The van der Waals surface area contributed by atoms with Gasteiger partial charge in [-0.25, -0.2) is 4.79 Å². The Bertz CT molecular complexity index is 629. The van der Waals surface area contributed by atoms with Gasteiger partial charge in [-0.1, -0.05) is 19.1 Å². The Balaban J connectivity index is 2.72. The van der Waals surface area contributed by atoms with Crippen LogP contribution in [-0.4, -0.2) is 34.9 Å². The van der Waals surface area contributed by atoms with Gasteiger partial charge in [0.25, 0.3) is 0 Å². The maximum atomic E-state index is 11.9. The zero-order chi connectivity index (χ0) is 20.8. The fourth-order valence-electron chi connectivity index (χ4n) is 2.16. The number of carboxylic acids is 1. The topological polar surface area (TPSA) is 75.6 Å². The van der Waals surface area contributed by atoms with Crippen molar-refractivity contribution in [2.75, 3.05) is 12.4 Å². The van der Waals surface area contributed by atoms with Crippen LogP contribution >= 0.6 is 11.8 Å². The number of carbonyl (C=O) groups excluding carboxylic acids is 1. The zero-order valence-corrected chi connectivity index (χ0v) is 18.3. The van der Waals surface area contributed by atoms with Gasteiger partial charge in [0.15, 0.2) is 0 Å². The number of thioether (sulfide) groups is 1. The van der Waals surface area contributed by atoms with Crippen molar-refractivity contribution in [3.63, 3.8) is 0 Å². The molecule has 5 nitrogen and oxygen atoms in total. The lowest BCUT2D eigenvalue weighted by atomic mass is 9.97. The maximum Gasteiger partial charge on any atom is 0.335 e. The fraction of sp³-hybridized carbons (Fsp3) is 0.619. The second-order valence-electron chi connectivity index (χ2n) is 8.99. The molecule has 0 fully saturated rings. The van der Waals surface area contributed by atoms with Crippen molar-refractivity contribution in [3.05, 3.63) is 35.4 Å². The van der Waals surface area contributed by atoms with Gasteiger partial charge in [0, 0.05) is 11.3 Å². The van der Waals surface area contributed by atoms with E-state index in [0.717, 1.165) is 11.3 Å². The molecule has 0 aliphatic carbocycles. The number of ether oxygens (including phenoxy) is 1. The van der Waals surface area contributed by atoms with Gasteiger partial charge in [-0.2, -0.15) is 0 Å². The molecule has 0 aliphatic heterocycles. The Hall–Kier alpha value is -1.53. The van der Waals surface area contributed by atoms with E-state index in [1.165, 1.54) is 0 Å². The van der Waals surface area contributed by atoms with E-state index in [2.05, 4.69) is 33.0 Å². The summed E-state index contributed by atoms with van der Waals surface area (Å²) in [6, 6.07) is 6.96. The van der Waals surface area contributed by atoms with Gasteiger partial charge in [0.05, 0.1) is 23.0 Å². The molecule has 27 heavy (non-hydrogen) atoms. The Morgan fingerprint density at radius 2 is 1.67 bits per heavy atom. The zero-order valence-electron chi connectivity index (χ0n) is 17.5. The quantitative estimate of drug-likeness (QED) is 0.489. The van der Waals surface area contributed by atoms with Crippen LogP contribution in [0.3, 0.4) is 0 Å². The minimum atomic E-state index is -0.927. The normalized spacial score (nSPS) is 14.5. The van der Waals surface area contributed by atoms with Crippen LogP contribution in [0.5, 0.6) is 0 Å². The molecule has 2 N–H and O–H groups in total. The first-order chi connectivity index (χ1) is 12.3. The van der Waals surface area contributed by atoms with Gasteiger partial charge in [0.1, 0.15) is 0 Å². The minimum Gasteiger partial charge on any atom is -0.478 e. The Labute approximate surface area is 167 Å². The van der Waals surface area contributed by atoms with E-state index in [0.29, 0.717) is 6.61 Å². The molecule has 152 valence electrons. The highest BCUT2D eigenvalue weighted by Crippen LogP contribution is 2.30. The van der Waals surface area contributed by atoms with Gasteiger partial charge in [0.2, 0.25) is 0 Å². The van der Waals surface area contributed by atoms with E-state index in [9.17, 15) is 9.59 Å². The number of rotatable bonds is 8. The number of hydrogen-bond donors (Lipinski definition) is 2. The van der Waals surface area contributed by atoms with Crippen LogP contribution in [-0.2, 0) is 9.53 Å². The summed E-state index contributed by atoms with van der Waals surface area (Å²) in [4.78, 5) is 23.0. The first kappa shape index (κ1) is 23.5. The van der Waals surface area contributed by atoms with E-state index >= 15 is 0 Å². The van der Waals surface area contributed by atoms with Gasteiger partial charge >= 0.3 is 11.9 Å². The summed E-state index contributed by atoms with van der Waals surface area (Å²) in [5.41, 5.74) is 0.722. The lowest BCUT2D eigenvalue weighted by Gasteiger charge is -2.29. The molecule has 0 saturated carbocycles. The molecule has 0 aromatic heterocycles. The van der Waals surface area contributed by atoms with Gasteiger partial charge in [-0.15, -0.1) is 11.8 Å². The molecule has 1 aromatic rings. The summed E-state index contributed by atoms with van der Waals surface area (Å²) < 4.78 is 5.41. The molecular formula is C21H33NO4S. The van der Waals surface area contributed by atoms with Crippen molar-refractivity contribution < 1.29 is 19.4 Å². The summed E-state index contributed by atoms with van der Waals surface area (Å²) in [6.45, 7) is 14.3. The molecule has 0 radical (unpaired) electrons. The van der Waals surface area contributed by atoms with E-state index in [1.807, 2.05) is 32.9 Å². The van der Waals surface area contributed by atoms with Crippen LogP contribution in [0.4, 0.5) is 0 Å². The number of benzene rings is 1. The van der Waals surface area contributed by atoms with Crippen molar-refractivity contribution in [2.24, 2.45) is 11.3 Å². The standard InChI is InChI=1S/C21H33NO4S/c1-14(12-26-19(25)20(2,3)4)13-27-17(22-21(5,6)7)15-8-10-16(11-9-15)18(23)24/h8-11,14,17,22H,12-13H2,1-7H3,(H,23,24). The third kappa shape index (κ3) is 8.80. The monoisotopic (exact) mass is 395 g/mol. The second kappa shape index (κ2) is 9.60. The molecule has 6 heteroatoms. The van der Waals surface area contributed by atoms with Crippen molar-refractivity contribution in [3.8, 4) is 0 Å². The average Bonchev–Trinajstić information content (AvgIpc) is 2.54. The first-order valence-corrected chi connectivity index (χ1v) is 10.2. The van der Waals surface area contributed by atoms with E-state index in [4.69, 9.17) is 9.84 Å². The number of nitrogens with one attached hydrogen (secondary N) is 1. The largest absolute Gasteiger partial charge is 0.478 e. The van der Waals surface area contributed by atoms with Crippen LogP contribution in [0, 0.1) is 11.3 Å². The summed E-state index contributed by atoms with van der Waals surface area (Å²) in [5, 5.41) is 12.7. The maximum absolute atomic E-state index is 11.9. The van der Waals surface area contributed by atoms with E-state index in [-0.39, 0.29) is 28.4 Å². The smallest absolute Gasteiger partial charge is 0.335 e. The van der Waals surface area contributed by atoms with Crippen molar-refractivity contribution in [1.82, 2.24) is 5.32 Å². The van der Waals surface area contributed by atoms with Crippen LogP contribution in [0.2, 0.25) is 0 Å². The SMILES string of the molecule is CC(COC(=O)C(C)(C)C)CSC(NC(C)(C)C)c1ccc(C(=O)O)cc1. The lowest BCUT2D eigenvalue weighted by molar-refractivity contribution is -0.153. The third-order valence-corrected chi connectivity index (χ3v) is 5.17. The summed E-state index contributed by atoms with van der Waals surface area (Å²) in [5.74, 6) is -0.0908. The van der Waals surface area contributed by atoms with Crippen LogP contribution in [0.15, 0.2) is 24.3 Å². The molecular weight excluding hydrogens is 362 g/mol. The molecule has 0 bridgehead atoms. The summed E-state index contributed by atoms with van der Waals surface area (Å²) >= 11 is 1.73. The van der Waals surface area contributed by atoms with Gasteiger partial charge in [-0.05, 0) is 65.2 Å².